The summed E-state index contributed by atoms with van der Waals surface area (Å²) in [6.45, 7) is 0.911. The molecule has 1 aromatic carbocycles. The molecule has 4 rings (SSSR count). The highest BCUT2D eigenvalue weighted by molar-refractivity contribution is 5.63. The molecule has 1 aliphatic heterocycles. The number of ether oxygens (including phenoxy) is 1. The zero-order chi connectivity index (χ0) is 15.6. The molecular weight excluding hydrogens is 290 g/mol. The van der Waals surface area contributed by atoms with Gasteiger partial charge in [0.1, 0.15) is 5.75 Å². The maximum Gasteiger partial charge on any atom is 0.162 e. The largest absolute Gasteiger partial charge is 0.496 e. The van der Waals surface area contributed by atoms with Crippen molar-refractivity contribution in [2.75, 3.05) is 13.7 Å². The molecule has 23 heavy (non-hydrogen) atoms. The summed E-state index contributed by atoms with van der Waals surface area (Å²) in [7, 11) is 1.65. The molecule has 3 heterocycles. The van der Waals surface area contributed by atoms with E-state index in [9.17, 15) is 0 Å². The minimum absolute atomic E-state index is 0.0386. The van der Waals surface area contributed by atoms with Crippen LogP contribution >= 0.6 is 0 Å². The lowest BCUT2D eigenvalue weighted by Gasteiger charge is -2.22. The van der Waals surface area contributed by atoms with Gasteiger partial charge in [-0.2, -0.15) is 0 Å². The standard InChI is InChI=1S/C17H17N5O/c1-23-14-5-3-2-4-12(14)17-19-8-11(9-20-17)15-16-13(6-7-18-15)21-10-22-16/h2-5,8-10,15,18H,6-7H2,1H3,(H,21,22)/t15-/m1/s1. The first-order chi connectivity index (χ1) is 11.4. The Bertz CT molecular complexity index is 812. The molecule has 0 saturated heterocycles. The number of aromatic nitrogens is 4. The Labute approximate surface area is 134 Å². The quantitative estimate of drug-likeness (QED) is 0.775. The van der Waals surface area contributed by atoms with Gasteiger partial charge in [-0.3, -0.25) is 0 Å². The van der Waals surface area contributed by atoms with Crippen LogP contribution in [0.2, 0.25) is 0 Å². The van der Waals surface area contributed by atoms with Gasteiger partial charge in [-0.25, -0.2) is 15.0 Å². The first kappa shape index (κ1) is 13.9. The second-order valence-corrected chi connectivity index (χ2v) is 5.44. The van der Waals surface area contributed by atoms with Crippen LogP contribution in [0.15, 0.2) is 43.0 Å². The number of hydrogen-bond donors (Lipinski definition) is 2. The maximum absolute atomic E-state index is 5.38. The summed E-state index contributed by atoms with van der Waals surface area (Å²) >= 11 is 0. The van der Waals surface area contributed by atoms with Gasteiger partial charge in [-0.15, -0.1) is 0 Å². The van der Waals surface area contributed by atoms with Crippen LogP contribution in [0.25, 0.3) is 11.4 Å². The molecule has 0 saturated carbocycles. The van der Waals surface area contributed by atoms with E-state index in [2.05, 4.69) is 25.3 Å². The number of benzene rings is 1. The second-order valence-electron chi connectivity index (χ2n) is 5.44. The molecule has 1 atom stereocenters. The van der Waals surface area contributed by atoms with E-state index in [1.165, 1.54) is 5.69 Å². The zero-order valence-corrected chi connectivity index (χ0v) is 12.8. The van der Waals surface area contributed by atoms with Crippen molar-refractivity contribution in [2.45, 2.75) is 12.5 Å². The van der Waals surface area contributed by atoms with E-state index in [4.69, 9.17) is 4.74 Å². The number of methoxy groups -OCH3 is 1. The number of hydrogen-bond acceptors (Lipinski definition) is 5. The van der Waals surface area contributed by atoms with Gasteiger partial charge in [-0.1, -0.05) is 12.1 Å². The third kappa shape index (κ3) is 2.47. The van der Waals surface area contributed by atoms with E-state index in [1.807, 2.05) is 36.7 Å². The highest BCUT2D eigenvalue weighted by Gasteiger charge is 2.24. The van der Waals surface area contributed by atoms with E-state index >= 15 is 0 Å². The first-order valence-corrected chi connectivity index (χ1v) is 7.57. The van der Waals surface area contributed by atoms with Gasteiger partial charge in [0, 0.05) is 36.6 Å². The molecule has 0 bridgehead atoms. The highest BCUT2D eigenvalue weighted by Crippen LogP contribution is 2.29. The minimum atomic E-state index is 0.0386. The Balaban J connectivity index is 1.67. The summed E-state index contributed by atoms with van der Waals surface area (Å²) in [6, 6.07) is 7.79. The number of fused-ring (bicyclic) bond motifs is 1. The summed E-state index contributed by atoms with van der Waals surface area (Å²) < 4.78 is 5.38. The van der Waals surface area contributed by atoms with E-state index in [0.717, 1.165) is 35.5 Å². The third-order valence-electron chi connectivity index (χ3n) is 4.10. The topological polar surface area (TPSA) is 75.7 Å². The fourth-order valence-corrected chi connectivity index (χ4v) is 2.95. The van der Waals surface area contributed by atoms with Gasteiger partial charge in [0.15, 0.2) is 5.82 Å². The zero-order valence-electron chi connectivity index (χ0n) is 12.8. The van der Waals surface area contributed by atoms with Crippen LogP contribution in [-0.4, -0.2) is 33.6 Å². The molecule has 2 aromatic heterocycles. The Morgan fingerprint density at radius 2 is 1.96 bits per heavy atom. The molecule has 6 nitrogen and oxygen atoms in total. The fourth-order valence-electron chi connectivity index (χ4n) is 2.95. The van der Waals surface area contributed by atoms with E-state index in [0.29, 0.717) is 5.82 Å². The molecule has 0 radical (unpaired) electrons. The Kier molecular flexibility index (Phi) is 3.51. The monoisotopic (exact) mass is 307 g/mol. The van der Waals surface area contributed by atoms with Crippen LogP contribution in [0, 0.1) is 0 Å². The van der Waals surface area contributed by atoms with Crippen LogP contribution in [0.4, 0.5) is 0 Å². The van der Waals surface area contributed by atoms with Gasteiger partial charge < -0.3 is 15.0 Å². The summed E-state index contributed by atoms with van der Waals surface area (Å²) in [5.41, 5.74) is 4.11. The average molecular weight is 307 g/mol. The number of nitrogens with zero attached hydrogens (tertiary/aromatic N) is 3. The van der Waals surface area contributed by atoms with E-state index in [1.54, 1.807) is 13.4 Å². The second kappa shape index (κ2) is 5.81. The average Bonchev–Trinajstić information content (AvgIpc) is 3.10. The molecule has 0 aliphatic carbocycles. The van der Waals surface area contributed by atoms with Crippen LogP contribution < -0.4 is 10.1 Å². The first-order valence-electron chi connectivity index (χ1n) is 7.57. The number of rotatable bonds is 3. The van der Waals surface area contributed by atoms with Crippen molar-refractivity contribution in [3.63, 3.8) is 0 Å². The molecular formula is C17H17N5O. The molecule has 3 aromatic rings. The summed E-state index contributed by atoms with van der Waals surface area (Å²) in [6.07, 6.45) is 6.42. The van der Waals surface area contributed by atoms with Gasteiger partial charge in [0.25, 0.3) is 0 Å². The van der Waals surface area contributed by atoms with Gasteiger partial charge in [0.05, 0.1) is 30.7 Å². The molecule has 2 N–H and O–H groups in total. The van der Waals surface area contributed by atoms with Crippen LogP contribution in [-0.2, 0) is 6.42 Å². The molecule has 0 unspecified atom stereocenters. The maximum atomic E-state index is 5.38. The van der Waals surface area contributed by atoms with Crippen LogP contribution in [0.1, 0.15) is 23.0 Å². The number of nitrogens with one attached hydrogen (secondary N) is 2. The van der Waals surface area contributed by atoms with E-state index in [-0.39, 0.29) is 6.04 Å². The van der Waals surface area contributed by atoms with Crippen molar-refractivity contribution in [1.29, 1.82) is 0 Å². The number of aromatic amines is 1. The Morgan fingerprint density at radius 1 is 1.13 bits per heavy atom. The molecule has 1 aliphatic rings. The van der Waals surface area contributed by atoms with Crippen molar-refractivity contribution in [3.8, 4) is 17.1 Å². The third-order valence-corrected chi connectivity index (χ3v) is 4.10. The predicted octanol–water partition coefficient (Wildman–Crippen LogP) is 2.11. The Hall–Kier alpha value is -2.73. The van der Waals surface area contributed by atoms with Crippen LogP contribution in [0.5, 0.6) is 5.75 Å². The van der Waals surface area contributed by atoms with Gasteiger partial charge in [-0.05, 0) is 12.1 Å². The number of para-hydroxylation sites is 1. The van der Waals surface area contributed by atoms with E-state index < -0.39 is 0 Å². The number of H-pyrrole nitrogens is 1. The van der Waals surface area contributed by atoms with Crippen molar-refractivity contribution in [1.82, 2.24) is 25.3 Å². The lowest BCUT2D eigenvalue weighted by Crippen LogP contribution is -2.30. The Morgan fingerprint density at radius 3 is 2.78 bits per heavy atom. The smallest absolute Gasteiger partial charge is 0.162 e. The van der Waals surface area contributed by atoms with Crippen molar-refractivity contribution in [3.05, 3.63) is 59.9 Å². The predicted molar refractivity (Wildman–Crippen MR) is 86.2 cm³/mol. The minimum Gasteiger partial charge on any atom is -0.496 e. The molecule has 0 spiro atoms. The van der Waals surface area contributed by atoms with Crippen molar-refractivity contribution in [2.24, 2.45) is 0 Å². The molecule has 0 fully saturated rings. The SMILES string of the molecule is COc1ccccc1-c1ncc([C@H]2NCCc3[nH]cnc32)cn1. The normalized spacial score (nSPS) is 16.8. The lowest BCUT2D eigenvalue weighted by atomic mass is 10.0. The summed E-state index contributed by atoms with van der Waals surface area (Å²) in [5.74, 6) is 1.43. The summed E-state index contributed by atoms with van der Waals surface area (Å²) in [5, 5.41) is 3.47. The molecule has 6 heteroatoms. The van der Waals surface area contributed by atoms with Crippen molar-refractivity contribution >= 4 is 0 Å². The lowest BCUT2D eigenvalue weighted by molar-refractivity contribution is 0.416. The highest BCUT2D eigenvalue weighted by atomic mass is 16.5. The number of imidazole rings is 1. The van der Waals surface area contributed by atoms with Crippen LogP contribution in [0.3, 0.4) is 0 Å². The van der Waals surface area contributed by atoms with Crippen molar-refractivity contribution < 1.29 is 4.74 Å². The molecule has 116 valence electrons. The molecule has 0 amide bonds. The van der Waals surface area contributed by atoms with Gasteiger partial charge >= 0.3 is 0 Å². The van der Waals surface area contributed by atoms with Gasteiger partial charge in [0.2, 0.25) is 0 Å². The summed E-state index contributed by atoms with van der Waals surface area (Å²) in [4.78, 5) is 16.7. The fraction of sp³-hybridized carbons (Fsp3) is 0.235.